The van der Waals surface area contributed by atoms with E-state index in [1.165, 1.54) is 47.2 Å². The molecule has 0 spiro atoms. The van der Waals surface area contributed by atoms with Crippen LogP contribution in [0.1, 0.15) is 36.1 Å². The van der Waals surface area contributed by atoms with Crippen molar-refractivity contribution in [3.05, 3.63) is 82.6 Å². The lowest BCUT2D eigenvalue weighted by molar-refractivity contribution is -0.0422. The van der Waals surface area contributed by atoms with Crippen molar-refractivity contribution in [3.8, 4) is 16.8 Å². The SMILES string of the molecule is [2H]C([2H])([2H])C([2H])([2H])C(O)(COC)c1c(-c2ccc(C(=O)O)cc2)c2c(F)c3[nH]ncc3cc2n1-c1ccc(F)c(Cl)c1. The number of ether oxygens (including phenoxy) is 1. The lowest BCUT2D eigenvalue weighted by atomic mass is 9.89. The van der Waals surface area contributed by atoms with Crippen molar-refractivity contribution in [2.24, 2.45) is 0 Å². The van der Waals surface area contributed by atoms with Gasteiger partial charge in [-0.2, -0.15) is 5.10 Å². The lowest BCUT2D eigenvalue weighted by Gasteiger charge is -2.30. The van der Waals surface area contributed by atoms with Gasteiger partial charge in [-0.05, 0) is 48.3 Å². The van der Waals surface area contributed by atoms with E-state index < -0.39 is 48.7 Å². The average Bonchev–Trinajstić information content (AvgIpc) is 3.53. The Hall–Kier alpha value is -3.79. The first-order valence-electron chi connectivity index (χ1n) is 13.3. The number of rotatable bonds is 7. The smallest absolute Gasteiger partial charge is 0.335 e. The van der Waals surface area contributed by atoms with Gasteiger partial charge in [0.25, 0.3) is 0 Å². The summed E-state index contributed by atoms with van der Waals surface area (Å²) in [7, 11) is 1.12. The number of aromatic nitrogens is 3. The van der Waals surface area contributed by atoms with Crippen LogP contribution in [0.4, 0.5) is 8.78 Å². The molecule has 5 aromatic rings. The predicted molar refractivity (Wildman–Crippen MR) is 136 cm³/mol. The molecule has 2 heterocycles. The Bertz CT molecular complexity index is 1860. The number of nitrogens with zero attached hydrogens (tertiary/aromatic N) is 2. The third kappa shape index (κ3) is 3.96. The van der Waals surface area contributed by atoms with Crippen molar-refractivity contribution >= 4 is 39.4 Å². The predicted octanol–water partition coefficient (Wildman–Crippen LogP) is 6.05. The molecule has 5 rings (SSSR count). The quantitative estimate of drug-likeness (QED) is 0.238. The number of carbonyl (C=O) groups is 1. The number of fused-ring (bicyclic) bond motifs is 2. The fourth-order valence-electron chi connectivity index (χ4n) is 4.52. The van der Waals surface area contributed by atoms with Gasteiger partial charge >= 0.3 is 5.97 Å². The van der Waals surface area contributed by atoms with Crippen molar-refractivity contribution in [1.82, 2.24) is 14.8 Å². The summed E-state index contributed by atoms with van der Waals surface area (Å²) in [5.74, 6) is -2.92. The van der Waals surface area contributed by atoms with Gasteiger partial charge in [-0.1, -0.05) is 30.6 Å². The minimum Gasteiger partial charge on any atom is -0.478 e. The van der Waals surface area contributed by atoms with Gasteiger partial charge in [-0.3, -0.25) is 5.10 Å². The maximum absolute atomic E-state index is 16.4. The number of carboxylic acids is 1. The van der Waals surface area contributed by atoms with Gasteiger partial charge in [0.05, 0.1) is 34.6 Å². The van der Waals surface area contributed by atoms with E-state index in [9.17, 15) is 19.4 Å². The van der Waals surface area contributed by atoms with Crippen LogP contribution in [0.3, 0.4) is 0 Å². The van der Waals surface area contributed by atoms with E-state index in [-0.39, 0.29) is 49.2 Å². The maximum Gasteiger partial charge on any atom is 0.335 e. The molecule has 0 saturated heterocycles. The summed E-state index contributed by atoms with van der Waals surface area (Å²) in [6, 6.07) is 9.97. The third-order valence-electron chi connectivity index (χ3n) is 6.14. The Morgan fingerprint density at radius 1 is 1.27 bits per heavy atom. The number of benzene rings is 3. The minimum atomic E-state index is -3.43. The van der Waals surface area contributed by atoms with Crippen molar-refractivity contribution in [1.29, 1.82) is 0 Å². The van der Waals surface area contributed by atoms with Crippen molar-refractivity contribution in [3.63, 3.8) is 0 Å². The molecule has 0 aliphatic rings. The topological polar surface area (TPSA) is 100 Å². The fraction of sp³-hybridized carbons (Fsp3) is 0.185. The second kappa shape index (κ2) is 9.26. The van der Waals surface area contributed by atoms with Crippen LogP contribution < -0.4 is 0 Å². The summed E-state index contributed by atoms with van der Waals surface area (Å²) < 4.78 is 78.4. The molecular formula is C27H22ClF2N3O4. The van der Waals surface area contributed by atoms with Crippen molar-refractivity contribution in [2.45, 2.75) is 18.8 Å². The van der Waals surface area contributed by atoms with Crippen molar-refractivity contribution in [2.75, 3.05) is 13.7 Å². The van der Waals surface area contributed by atoms with E-state index in [4.69, 9.17) is 23.2 Å². The monoisotopic (exact) mass is 530 g/mol. The summed E-state index contributed by atoms with van der Waals surface area (Å²) in [5, 5.41) is 27.8. The van der Waals surface area contributed by atoms with Crippen LogP contribution in [0.25, 0.3) is 38.6 Å². The second-order valence-electron chi connectivity index (χ2n) is 8.38. The molecule has 0 saturated carbocycles. The molecule has 3 N–H and O–H groups in total. The lowest BCUT2D eigenvalue weighted by Crippen LogP contribution is -2.33. The van der Waals surface area contributed by atoms with E-state index in [1.807, 2.05) is 0 Å². The molecule has 0 aliphatic heterocycles. The first-order valence-corrected chi connectivity index (χ1v) is 11.2. The molecule has 1 unspecified atom stereocenters. The number of H-pyrrole nitrogens is 1. The number of nitrogens with one attached hydrogen (secondary N) is 1. The van der Waals surface area contributed by atoms with Gasteiger partial charge in [0.1, 0.15) is 16.9 Å². The highest BCUT2D eigenvalue weighted by molar-refractivity contribution is 6.31. The molecule has 1 atom stereocenters. The molecule has 10 heteroatoms. The van der Waals surface area contributed by atoms with E-state index in [1.54, 1.807) is 0 Å². The van der Waals surface area contributed by atoms with Gasteiger partial charge in [-0.15, -0.1) is 0 Å². The first-order chi connectivity index (χ1) is 19.6. The molecule has 0 aliphatic carbocycles. The fourth-order valence-corrected chi connectivity index (χ4v) is 4.69. The highest BCUT2D eigenvalue weighted by Crippen LogP contribution is 2.46. The van der Waals surface area contributed by atoms with Gasteiger partial charge in [-0.25, -0.2) is 13.6 Å². The van der Waals surface area contributed by atoms with Gasteiger partial charge in [0.15, 0.2) is 5.82 Å². The number of aliphatic hydroxyl groups is 1. The van der Waals surface area contributed by atoms with Crippen LogP contribution in [-0.4, -0.2) is 44.7 Å². The zero-order chi connectivity index (χ0) is 30.8. The summed E-state index contributed by atoms with van der Waals surface area (Å²) in [4.78, 5) is 11.5. The number of hydrogen-bond acceptors (Lipinski definition) is 4. The number of methoxy groups -OCH3 is 1. The number of aromatic amines is 1. The van der Waals surface area contributed by atoms with E-state index >= 15 is 4.39 Å². The van der Waals surface area contributed by atoms with E-state index in [0.717, 1.165) is 19.2 Å². The Kier molecular flexibility index (Phi) is 4.84. The molecule has 0 amide bonds. The molecule has 2 aromatic heterocycles. The Morgan fingerprint density at radius 2 is 2.03 bits per heavy atom. The summed E-state index contributed by atoms with van der Waals surface area (Å²) in [6.45, 7) is -4.34. The second-order valence-corrected chi connectivity index (χ2v) is 8.78. The minimum absolute atomic E-state index is 0.0206. The van der Waals surface area contributed by atoms with Crippen molar-refractivity contribution < 1.29 is 35.4 Å². The van der Waals surface area contributed by atoms with Crippen LogP contribution in [0, 0.1) is 11.6 Å². The molecular weight excluding hydrogens is 504 g/mol. The number of aromatic carboxylic acids is 1. The molecule has 3 aromatic carbocycles. The Morgan fingerprint density at radius 3 is 2.68 bits per heavy atom. The highest BCUT2D eigenvalue weighted by atomic mass is 35.5. The van der Waals surface area contributed by atoms with E-state index in [2.05, 4.69) is 10.2 Å². The largest absolute Gasteiger partial charge is 0.478 e. The molecule has 190 valence electrons. The molecule has 37 heavy (non-hydrogen) atoms. The maximum atomic E-state index is 16.4. The average molecular weight is 531 g/mol. The van der Waals surface area contributed by atoms with Crippen LogP contribution in [-0.2, 0) is 10.3 Å². The first kappa shape index (κ1) is 19.3. The standard InChI is InChI=1S/C27H22ClF2N3O4/c1-3-27(36,13-37-2)25-21(14-4-6-15(7-5-14)26(34)35)22-20(10-16-12-31-32-24(16)23(22)30)33(25)17-8-9-19(29)18(28)11-17/h4-12,36H,3,13H2,1-2H3,(H,31,32)(H,34,35)/i1D3,3D2. The normalized spacial score (nSPS) is 16.1. The zero-order valence-corrected chi connectivity index (χ0v) is 19.9. The Balaban J connectivity index is 2.07. The van der Waals surface area contributed by atoms with Crippen LogP contribution >= 0.6 is 11.6 Å². The molecule has 0 radical (unpaired) electrons. The third-order valence-corrected chi connectivity index (χ3v) is 6.43. The zero-order valence-electron chi connectivity index (χ0n) is 24.1. The molecule has 0 fully saturated rings. The Labute approximate surface area is 221 Å². The number of hydrogen-bond donors (Lipinski definition) is 3. The van der Waals surface area contributed by atoms with Crippen LogP contribution in [0.2, 0.25) is 5.02 Å². The van der Waals surface area contributed by atoms with E-state index in [0.29, 0.717) is 0 Å². The molecule has 7 nitrogen and oxygen atoms in total. The summed E-state index contributed by atoms with van der Waals surface area (Å²) >= 11 is 6.10. The van der Waals surface area contributed by atoms with Crippen LogP contribution in [0.15, 0.2) is 54.7 Å². The van der Waals surface area contributed by atoms with Gasteiger partial charge < -0.3 is 19.5 Å². The summed E-state index contributed by atoms with van der Waals surface area (Å²) in [6.07, 6.45) is -2.09. The van der Waals surface area contributed by atoms with Gasteiger partial charge in [0.2, 0.25) is 0 Å². The number of halogens is 3. The van der Waals surface area contributed by atoms with Gasteiger partial charge in [0, 0.05) is 36.0 Å². The highest BCUT2D eigenvalue weighted by Gasteiger charge is 2.38. The number of carboxylic acid groups (broad SMARTS) is 1. The molecule has 0 bridgehead atoms. The van der Waals surface area contributed by atoms with Crippen LogP contribution in [0.5, 0.6) is 0 Å². The summed E-state index contributed by atoms with van der Waals surface area (Å²) in [5.41, 5.74) is -3.61.